The van der Waals surface area contributed by atoms with Crippen LogP contribution in [0.15, 0.2) is 33.9 Å². The largest absolute Gasteiger partial charge is 0.505 e. The number of hydrogen-bond donors (Lipinski definition) is 2. The average molecular weight is 460 g/mol. The molecule has 8 nitrogen and oxygen atoms in total. The minimum Gasteiger partial charge on any atom is -0.505 e. The molecule has 160 valence electrons. The van der Waals surface area contributed by atoms with Crippen LogP contribution >= 0.6 is 22.9 Å². The van der Waals surface area contributed by atoms with Gasteiger partial charge in [-0.25, -0.2) is 9.59 Å². The molecule has 4 rings (SSSR count). The first-order chi connectivity index (χ1) is 14.7. The fourth-order valence-corrected chi connectivity index (χ4v) is 4.94. The third kappa shape index (κ3) is 3.08. The van der Waals surface area contributed by atoms with E-state index in [9.17, 15) is 19.5 Å². The van der Waals surface area contributed by atoms with Crippen LogP contribution in [-0.2, 0) is 18.8 Å². The number of H-pyrrole nitrogens is 1. The third-order valence-corrected chi connectivity index (χ3v) is 6.54. The van der Waals surface area contributed by atoms with E-state index in [1.54, 1.807) is 38.2 Å². The number of nitrogens with zero attached hydrogens (tertiary/aromatic N) is 2. The van der Waals surface area contributed by atoms with Crippen molar-refractivity contribution in [3.63, 3.8) is 0 Å². The number of aromatic nitrogens is 3. The summed E-state index contributed by atoms with van der Waals surface area (Å²) in [5.74, 6) is -0.962. The van der Waals surface area contributed by atoms with Gasteiger partial charge < -0.3 is 14.8 Å². The highest BCUT2D eigenvalue weighted by Crippen LogP contribution is 2.47. The molecule has 3 heterocycles. The van der Waals surface area contributed by atoms with Crippen molar-refractivity contribution in [1.82, 2.24) is 14.1 Å². The first-order valence-corrected chi connectivity index (χ1v) is 10.4. The number of carbonyl (C=O) groups excluding carboxylic acids is 1. The Hall–Kier alpha value is -3.30. The summed E-state index contributed by atoms with van der Waals surface area (Å²) >= 11 is 7.34. The standard InChI is InChI=1S/C21H18ClN3O5S/c1-9-12(20(28)30-4)16(26)17(31-9)13-14-18(24(2)21(29)25(3)19(14)27)23-15(13)10-6-5-7-11(22)8-10/h5-8,23,26H,1-4H3. The average Bonchev–Trinajstić information content (AvgIpc) is 3.27. The molecule has 1 aromatic carbocycles. The van der Waals surface area contributed by atoms with E-state index in [1.165, 1.54) is 18.7 Å². The van der Waals surface area contributed by atoms with Crippen LogP contribution in [0.3, 0.4) is 0 Å². The number of methoxy groups -OCH3 is 1. The smallest absolute Gasteiger partial charge is 0.342 e. The lowest BCUT2D eigenvalue weighted by Crippen LogP contribution is -2.36. The topological polar surface area (TPSA) is 106 Å². The van der Waals surface area contributed by atoms with Gasteiger partial charge in [0.15, 0.2) is 0 Å². The second-order valence-electron chi connectivity index (χ2n) is 7.02. The molecular formula is C21H18ClN3O5S. The maximum Gasteiger partial charge on any atom is 0.342 e. The fourth-order valence-electron chi connectivity index (χ4n) is 3.65. The summed E-state index contributed by atoms with van der Waals surface area (Å²) in [7, 11) is 4.16. The molecule has 0 aliphatic rings. The van der Waals surface area contributed by atoms with Gasteiger partial charge in [0.05, 0.1) is 23.1 Å². The van der Waals surface area contributed by atoms with E-state index in [2.05, 4.69) is 4.98 Å². The Morgan fingerprint density at radius 2 is 1.94 bits per heavy atom. The SMILES string of the molecule is COC(=O)c1c(C)sc(-c2c(-c3cccc(Cl)c3)[nH]c3c2c(=O)n(C)c(=O)n3C)c1O. The number of halogens is 1. The van der Waals surface area contributed by atoms with Gasteiger partial charge in [0.25, 0.3) is 5.56 Å². The van der Waals surface area contributed by atoms with E-state index in [4.69, 9.17) is 16.3 Å². The highest BCUT2D eigenvalue weighted by atomic mass is 35.5. The number of benzene rings is 1. The second kappa shape index (κ2) is 7.44. The van der Waals surface area contributed by atoms with Gasteiger partial charge in [0, 0.05) is 35.1 Å². The summed E-state index contributed by atoms with van der Waals surface area (Å²) in [5.41, 5.74) is 0.836. The van der Waals surface area contributed by atoms with Crippen LogP contribution in [0.5, 0.6) is 5.75 Å². The summed E-state index contributed by atoms with van der Waals surface area (Å²) in [5, 5.41) is 11.6. The van der Waals surface area contributed by atoms with E-state index >= 15 is 0 Å². The van der Waals surface area contributed by atoms with Gasteiger partial charge in [-0.15, -0.1) is 11.3 Å². The number of aromatic amines is 1. The lowest BCUT2D eigenvalue weighted by Gasteiger charge is -2.06. The van der Waals surface area contributed by atoms with Gasteiger partial charge in [-0.05, 0) is 19.1 Å². The van der Waals surface area contributed by atoms with Crippen molar-refractivity contribution in [3.8, 4) is 27.4 Å². The number of nitrogens with one attached hydrogen (secondary N) is 1. The Morgan fingerprint density at radius 3 is 2.58 bits per heavy atom. The monoisotopic (exact) mass is 459 g/mol. The Labute approximate surface area is 184 Å². The molecule has 0 aliphatic heterocycles. The van der Waals surface area contributed by atoms with E-state index in [1.807, 2.05) is 0 Å². The number of esters is 1. The van der Waals surface area contributed by atoms with Gasteiger partial charge in [0.2, 0.25) is 0 Å². The molecule has 0 aliphatic carbocycles. The van der Waals surface area contributed by atoms with Crippen LogP contribution in [0.1, 0.15) is 15.2 Å². The number of aromatic hydroxyl groups is 1. The minimum absolute atomic E-state index is 0.0375. The lowest BCUT2D eigenvalue weighted by atomic mass is 10.0. The summed E-state index contributed by atoms with van der Waals surface area (Å²) in [6.45, 7) is 1.68. The number of thiophene rings is 1. The number of rotatable bonds is 3. The van der Waals surface area contributed by atoms with Crippen molar-refractivity contribution in [2.24, 2.45) is 14.1 Å². The summed E-state index contributed by atoms with van der Waals surface area (Å²) < 4.78 is 7.12. The van der Waals surface area contributed by atoms with Crippen LogP contribution < -0.4 is 11.2 Å². The van der Waals surface area contributed by atoms with Crippen LogP contribution in [0.4, 0.5) is 0 Å². The van der Waals surface area contributed by atoms with E-state index in [0.29, 0.717) is 37.2 Å². The van der Waals surface area contributed by atoms with Crippen LogP contribution in [0.2, 0.25) is 5.02 Å². The molecule has 0 unspecified atom stereocenters. The van der Waals surface area contributed by atoms with E-state index in [0.717, 1.165) is 15.9 Å². The molecule has 0 fully saturated rings. The van der Waals surface area contributed by atoms with Crippen LogP contribution in [0.25, 0.3) is 32.7 Å². The lowest BCUT2D eigenvalue weighted by molar-refractivity contribution is 0.0597. The molecule has 0 saturated heterocycles. The molecule has 0 saturated carbocycles. The Morgan fingerprint density at radius 1 is 1.23 bits per heavy atom. The summed E-state index contributed by atoms with van der Waals surface area (Å²) in [6.07, 6.45) is 0. The number of aryl methyl sites for hydroxylation is 2. The molecule has 3 aromatic heterocycles. The van der Waals surface area contributed by atoms with E-state index in [-0.39, 0.29) is 16.7 Å². The predicted molar refractivity (Wildman–Crippen MR) is 120 cm³/mol. The summed E-state index contributed by atoms with van der Waals surface area (Å²) in [4.78, 5) is 41.8. The fraction of sp³-hybridized carbons (Fsp3) is 0.190. The maximum absolute atomic E-state index is 13.1. The summed E-state index contributed by atoms with van der Waals surface area (Å²) in [6, 6.07) is 6.96. The Kier molecular flexibility index (Phi) is 5.03. The predicted octanol–water partition coefficient (Wildman–Crippen LogP) is 3.41. The molecule has 10 heteroatoms. The van der Waals surface area contributed by atoms with E-state index < -0.39 is 17.2 Å². The molecule has 0 radical (unpaired) electrons. The van der Waals surface area contributed by atoms with Crippen molar-refractivity contribution in [1.29, 1.82) is 0 Å². The van der Waals surface area contributed by atoms with Gasteiger partial charge in [-0.1, -0.05) is 23.7 Å². The van der Waals surface area contributed by atoms with Gasteiger partial charge >= 0.3 is 11.7 Å². The van der Waals surface area contributed by atoms with Gasteiger partial charge in [0.1, 0.15) is 17.0 Å². The van der Waals surface area contributed by atoms with Gasteiger partial charge in [-0.2, -0.15) is 0 Å². The molecule has 2 N–H and O–H groups in total. The highest BCUT2D eigenvalue weighted by molar-refractivity contribution is 7.16. The molecule has 4 aromatic rings. The zero-order valence-corrected chi connectivity index (χ0v) is 18.6. The normalized spacial score (nSPS) is 11.3. The second-order valence-corrected chi connectivity index (χ2v) is 8.68. The zero-order valence-electron chi connectivity index (χ0n) is 17.1. The number of hydrogen-bond acceptors (Lipinski definition) is 6. The quantitative estimate of drug-likeness (QED) is 0.456. The molecule has 0 atom stereocenters. The van der Waals surface area contributed by atoms with Crippen molar-refractivity contribution in [2.45, 2.75) is 6.92 Å². The Bertz CT molecular complexity index is 1490. The van der Waals surface area contributed by atoms with Crippen LogP contribution in [-0.4, -0.2) is 32.3 Å². The van der Waals surface area contributed by atoms with Crippen LogP contribution in [0, 0.1) is 6.92 Å². The zero-order chi connectivity index (χ0) is 22.6. The minimum atomic E-state index is -0.679. The number of fused-ring (bicyclic) bond motifs is 1. The molecule has 0 amide bonds. The maximum atomic E-state index is 13.1. The first kappa shape index (κ1) is 21.0. The molecular weight excluding hydrogens is 442 g/mol. The number of carbonyl (C=O) groups is 1. The highest BCUT2D eigenvalue weighted by Gasteiger charge is 2.29. The number of ether oxygens (including phenoxy) is 1. The first-order valence-electron chi connectivity index (χ1n) is 9.16. The van der Waals surface area contributed by atoms with Crippen molar-refractivity contribution >= 4 is 39.9 Å². The Balaban J connectivity index is 2.21. The van der Waals surface area contributed by atoms with Crippen molar-refractivity contribution in [3.05, 3.63) is 60.6 Å². The van der Waals surface area contributed by atoms with Crippen molar-refractivity contribution < 1.29 is 14.6 Å². The van der Waals surface area contributed by atoms with Gasteiger partial charge in [-0.3, -0.25) is 13.9 Å². The molecule has 31 heavy (non-hydrogen) atoms. The van der Waals surface area contributed by atoms with Crippen molar-refractivity contribution in [2.75, 3.05) is 7.11 Å². The molecule has 0 spiro atoms. The third-order valence-electron chi connectivity index (χ3n) is 5.20. The molecule has 0 bridgehead atoms.